The maximum atomic E-state index is 6.24. The van der Waals surface area contributed by atoms with E-state index in [0.29, 0.717) is 11.6 Å². The van der Waals surface area contributed by atoms with Crippen molar-refractivity contribution in [2.45, 2.75) is 26.9 Å². The van der Waals surface area contributed by atoms with E-state index in [1.807, 2.05) is 31.2 Å². The molecular formula is C15H20ClN3O. The first-order valence-electron chi connectivity index (χ1n) is 6.87. The van der Waals surface area contributed by atoms with Gasteiger partial charge in [0.1, 0.15) is 11.6 Å². The van der Waals surface area contributed by atoms with Gasteiger partial charge in [-0.25, -0.2) is 4.98 Å². The Labute approximate surface area is 124 Å². The van der Waals surface area contributed by atoms with Gasteiger partial charge in [0.05, 0.1) is 23.5 Å². The zero-order chi connectivity index (χ0) is 14.4. The number of rotatable bonds is 7. The van der Waals surface area contributed by atoms with Crippen LogP contribution in [0.15, 0.2) is 34.9 Å². The van der Waals surface area contributed by atoms with Gasteiger partial charge < -0.3 is 9.73 Å². The fourth-order valence-corrected chi connectivity index (χ4v) is 2.15. The van der Waals surface area contributed by atoms with E-state index in [9.17, 15) is 0 Å². The number of hydrogen-bond acceptors (Lipinski definition) is 4. The molecule has 2 aromatic heterocycles. The van der Waals surface area contributed by atoms with Crippen molar-refractivity contribution in [3.63, 3.8) is 0 Å². The van der Waals surface area contributed by atoms with Crippen LogP contribution in [-0.2, 0) is 13.1 Å². The van der Waals surface area contributed by atoms with E-state index in [2.05, 4.69) is 22.1 Å². The highest BCUT2D eigenvalue weighted by molar-refractivity contribution is 6.31. The molecule has 2 rings (SSSR count). The van der Waals surface area contributed by atoms with Crippen LogP contribution in [0.1, 0.15) is 25.3 Å². The van der Waals surface area contributed by atoms with Crippen LogP contribution in [0.5, 0.6) is 0 Å². The molecule has 0 aliphatic heterocycles. The second-order valence-corrected chi connectivity index (χ2v) is 4.95. The Balaban J connectivity index is 2.08. The SMILES string of the molecule is CCNc1ccc(Cl)c(CN(CC)Cc2ccco2)n1. The quantitative estimate of drug-likeness (QED) is 0.843. The molecule has 0 aliphatic rings. The molecular weight excluding hydrogens is 274 g/mol. The number of nitrogens with one attached hydrogen (secondary N) is 1. The Morgan fingerprint density at radius 1 is 1.25 bits per heavy atom. The van der Waals surface area contributed by atoms with E-state index in [-0.39, 0.29) is 0 Å². The van der Waals surface area contributed by atoms with Gasteiger partial charge >= 0.3 is 0 Å². The normalized spacial score (nSPS) is 11.0. The summed E-state index contributed by atoms with van der Waals surface area (Å²) in [4.78, 5) is 6.80. The molecule has 5 heteroatoms. The second-order valence-electron chi connectivity index (χ2n) is 4.54. The van der Waals surface area contributed by atoms with Gasteiger partial charge in [-0.05, 0) is 37.7 Å². The number of nitrogens with zero attached hydrogens (tertiary/aromatic N) is 2. The van der Waals surface area contributed by atoms with Gasteiger partial charge in [-0.1, -0.05) is 18.5 Å². The zero-order valence-electron chi connectivity index (χ0n) is 11.9. The van der Waals surface area contributed by atoms with Crippen molar-refractivity contribution in [1.82, 2.24) is 9.88 Å². The first-order valence-corrected chi connectivity index (χ1v) is 7.24. The van der Waals surface area contributed by atoms with E-state index in [1.54, 1.807) is 6.26 Å². The van der Waals surface area contributed by atoms with Crippen molar-refractivity contribution < 1.29 is 4.42 Å². The summed E-state index contributed by atoms with van der Waals surface area (Å²) in [5, 5.41) is 3.90. The molecule has 0 aliphatic carbocycles. The first kappa shape index (κ1) is 14.9. The average Bonchev–Trinajstić information content (AvgIpc) is 2.95. The molecule has 0 amide bonds. The summed E-state index contributed by atoms with van der Waals surface area (Å²) in [7, 11) is 0. The van der Waals surface area contributed by atoms with Gasteiger partial charge in [0, 0.05) is 13.1 Å². The molecule has 0 aromatic carbocycles. The minimum atomic E-state index is 0.699. The molecule has 20 heavy (non-hydrogen) atoms. The van der Waals surface area contributed by atoms with Gasteiger partial charge in [0.15, 0.2) is 0 Å². The summed E-state index contributed by atoms with van der Waals surface area (Å²) >= 11 is 6.24. The lowest BCUT2D eigenvalue weighted by molar-refractivity contribution is 0.245. The zero-order valence-corrected chi connectivity index (χ0v) is 12.7. The fourth-order valence-electron chi connectivity index (χ4n) is 1.99. The van der Waals surface area contributed by atoms with Crippen molar-refractivity contribution in [2.75, 3.05) is 18.4 Å². The monoisotopic (exact) mass is 293 g/mol. The van der Waals surface area contributed by atoms with Gasteiger partial charge in [-0.15, -0.1) is 0 Å². The van der Waals surface area contributed by atoms with E-state index >= 15 is 0 Å². The van der Waals surface area contributed by atoms with Crippen LogP contribution >= 0.6 is 11.6 Å². The number of hydrogen-bond donors (Lipinski definition) is 1. The maximum absolute atomic E-state index is 6.24. The molecule has 0 radical (unpaired) electrons. The van der Waals surface area contributed by atoms with Crippen molar-refractivity contribution in [1.29, 1.82) is 0 Å². The van der Waals surface area contributed by atoms with Crippen molar-refractivity contribution in [2.24, 2.45) is 0 Å². The summed E-state index contributed by atoms with van der Waals surface area (Å²) in [5.41, 5.74) is 0.888. The number of halogens is 1. The molecule has 4 nitrogen and oxygen atoms in total. The van der Waals surface area contributed by atoms with E-state index in [0.717, 1.165) is 36.9 Å². The minimum absolute atomic E-state index is 0.699. The molecule has 0 spiro atoms. The van der Waals surface area contributed by atoms with Gasteiger partial charge in [-0.3, -0.25) is 4.90 Å². The highest BCUT2D eigenvalue weighted by atomic mass is 35.5. The molecule has 108 valence electrons. The lowest BCUT2D eigenvalue weighted by Crippen LogP contribution is -2.23. The number of furan rings is 1. The summed E-state index contributed by atoms with van der Waals surface area (Å²) in [6.07, 6.45) is 1.69. The Morgan fingerprint density at radius 2 is 2.10 bits per heavy atom. The average molecular weight is 294 g/mol. The summed E-state index contributed by atoms with van der Waals surface area (Å²) < 4.78 is 5.39. The van der Waals surface area contributed by atoms with Crippen molar-refractivity contribution in [3.8, 4) is 0 Å². The van der Waals surface area contributed by atoms with Crippen molar-refractivity contribution >= 4 is 17.4 Å². The Kier molecular flexibility index (Phi) is 5.44. The highest BCUT2D eigenvalue weighted by Gasteiger charge is 2.11. The third kappa shape index (κ3) is 3.99. The number of anilines is 1. The lowest BCUT2D eigenvalue weighted by Gasteiger charge is -2.19. The van der Waals surface area contributed by atoms with Crippen LogP contribution in [0.2, 0.25) is 5.02 Å². The van der Waals surface area contributed by atoms with Crippen LogP contribution in [0, 0.1) is 0 Å². The second kappa shape index (κ2) is 7.31. The molecule has 2 aromatic rings. The summed E-state index contributed by atoms with van der Waals surface area (Å²) in [6, 6.07) is 7.67. The number of aromatic nitrogens is 1. The molecule has 1 N–H and O–H groups in total. The minimum Gasteiger partial charge on any atom is -0.468 e. The smallest absolute Gasteiger partial charge is 0.126 e. The van der Waals surface area contributed by atoms with E-state index in [1.165, 1.54) is 0 Å². The topological polar surface area (TPSA) is 41.3 Å². The molecule has 0 atom stereocenters. The number of pyridine rings is 1. The van der Waals surface area contributed by atoms with Crippen LogP contribution in [0.3, 0.4) is 0 Å². The maximum Gasteiger partial charge on any atom is 0.126 e. The highest BCUT2D eigenvalue weighted by Crippen LogP contribution is 2.19. The van der Waals surface area contributed by atoms with Crippen LogP contribution in [-0.4, -0.2) is 23.0 Å². The van der Waals surface area contributed by atoms with E-state index in [4.69, 9.17) is 16.0 Å². The Bertz CT molecular complexity index is 528. The molecule has 0 saturated heterocycles. The molecule has 0 bridgehead atoms. The molecule has 0 fully saturated rings. The lowest BCUT2D eigenvalue weighted by atomic mass is 10.3. The molecule has 0 saturated carbocycles. The van der Waals surface area contributed by atoms with Crippen LogP contribution < -0.4 is 5.32 Å². The Morgan fingerprint density at radius 3 is 2.75 bits per heavy atom. The first-order chi connectivity index (χ1) is 9.72. The predicted molar refractivity (Wildman–Crippen MR) is 81.9 cm³/mol. The summed E-state index contributed by atoms with van der Waals surface area (Å²) in [6.45, 7) is 7.38. The van der Waals surface area contributed by atoms with Gasteiger partial charge in [0.2, 0.25) is 0 Å². The van der Waals surface area contributed by atoms with Gasteiger partial charge in [-0.2, -0.15) is 0 Å². The third-order valence-electron chi connectivity index (χ3n) is 3.06. The fraction of sp³-hybridized carbons (Fsp3) is 0.400. The standard InChI is InChI=1S/C15H20ClN3O/c1-3-17-15-8-7-13(16)14(18-15)11-19(4-2)10-12-6-5-9-20-12/h5-9H,3-4,10-11H2,1-2H3,(H,17,18). The molecule has 0 unspecified atom stereocenters. The Hall–Kier alpha value is -1.52. The van der Waals surface area contributed by atoms with Crippen molar-refractivity contribution in [3.05, 3.63) is 47.0 Å². The van der Waals surface area contributed by atoms with Crippen LogP contribution in [0.25, 0.3) is 0 Å². The predicted octanol–water partition coefficient (Wildman–Crippen LogP) is 3.78. The van der Waals surface area contributed by atoms with Gasteiger partial charge in [0.25, 0.3) is 0 Å². The summed E-state index contributed by atoms with van der Waals surface area (Å²) in [5.74, 6) is 1.81. The largest absolute Gasteiger partial charge is 0.468 e. The van der Waals surface area contributed by atoms with E-state index < -0.39 is 0 Å². The van der Waals surface area contributed by atoms with Crippen LogP contribution in [0.4, 0.5) is 5.82 Å². The third-order valence-corrected chi connectivity index (χ3v) is 3.40. The molecule has 2 heterocycles.